The summed E-state index contributed by atoms with van der Waals surface area (Å²) in [5.74, 6) is -0.141. The Bertz CT molecular complexity index is 707. The van der Waals surface area contributed by atoms with E-state index in [0.717, 1.165) is 29.7 Å². The maximum absolute atomic E-state index is 12.3. The van der Waals surface area contributed by atoms with E-state index < -0.39 is 0 Å². The molecular weight excluding hydrogens is 288 g/mol. The predicted octanol–water partition coefficient (Wildman–Crippen LogP) is 2.52. The number of hydrogen-bond donors (Lipinski definition) is 2. The van der Waals surface area contributed by atoms with E-state index in [2.05, 4.69) is 10.3 Å². The van der Waals surface area contributed by atoms with E-state index in [-0.39, 0.29) is 24.0 Å². The summed E-state index contributed by atoms with van der Waals surface area (Å²) in [5.41, 5.74) is 3.32. The van der Waals surface area contributed by atoms with Crippen LogP contribution in [-0.2, 0) is 5.41 Å². The number of carbonyl (C=O) groups excluding carboxylic acids is 1. The Morgan fingerprint density at radius 1 is 1.22 bits per heavy atom. The molecule has 1 saturated carbocycles. The van der Waals surface area contributed by atoms with Crippen LogP contribution in [0.3, 0.4) is 0 Å². The van der Waals surface area contributed by atoms with E-state index in [9.17, 15) is 9.90 Å². The normalized spacial score (nSPS) is 23.2. The van der Waals surface area contributed by atoms with Gasteiger partial charge < -0.3 is 10.4 Å². The van der Waals surface area contributed by atoms with Gasteiger partial charge in [0.1, 0.15) is 5.69 Å². The molecule has 2 aromatic rings. The largest absolute Gasteiger partial charge is 0.395 e. The molecule has 0 saturated heterocycles. The van der Waals surface area contributed by atoms with Gasteiger partial charge in [-0.2, -0.15) is 0 Å². The average Bonchev–Trinajstić information content (AvgIpc) is 2.53. The molecule has 0 bridgehead atoms. The molecule has 1 aromatic carbocycles. The van der Waals surface area contributed by atoms with E-state index in [1.807, 2.05) is 50.2 Å². The zero-order chi connectivity index (χ0) is 16.4. The van der Waals surface area contributed by atoms with Gasteiger partial charge in [0.15, 0.2) is 0 Å². The fourth-order valence-corrected chi connectivity index (χ4v) is 3.25. The Balaban J connectivity index is 1.65. The highest BCUT2D eigenvalue weighted by atomic mass is 16.3. The van der Waals surface area contributed by atoms with Crippen LogP contribution in [-0.4, -0.2) is 28.6 Å². The lowest BCUT2D eigenvalue weighted by Gasteiger charge is -2.47. The summed E-state index contributed by atoms with van der Waals surface area (Å²) < 4.78 is 0. The molecule has 23 heavy (non-hydrogen) atoms. The van der Waals surface area contributed by atoms with Crippen LogP contribution in [0, 0.1) is 13.8 Å². The number of nitrogens with one attached hydrogen (secondary N) is 1. The van der Waals surface area contributed by atoms with Crippen molar-refractivity contribution in [1.29, 1.82) is 0 Å². The minimum atomic E-state index is -0.226. The third-order valence-electron chi connectivity index (χ3n) is 4.88. The lowest BCUT2D eigenvalue weighted by Crippen LogP contribution is -2.55. The molecular formula is C19H22N2O2. The molecule has 0 radical (unpaired) electrons. The zero-order valence-corrected chi connectivity index (χ0v) is 13.5. The van der Waals surface area contributed by atoms with Crippen LogP contribution in [0.25, 0.3) is 0 Å². The average molecular weight is 310 g/mol. The second-order valence-corrected chi connectivity index (χ2v) is 6.48. The van der Waals surface area contributed by atoms with E-state index >= 15 is 0 Å². The summed E-state index contributed by atoms with van der Waals surface area (Å²) in [7, 11) is 0. The molecule has 3 rings (SSSR count). The molecule has 2 N–H and O–H groups in total. The second kappa shape index (κ2) is 6.13. The number of aryl methyl sites for hydroxylation is 2. The molecule has 0 atom stereocenters. The number of aromatic nitrogens is 1. The molecule has 0 spiro atoms. The second-order valence-electron chi connectivity index (χ2n) is 6.48. The summed E-state index contributed by atoms with van der Waals surface area (Å²) in [6.07, 6.45) is 1.51. The summed E-state index contributed by atoms with van der Waals surface area (Å²) in [6, 6.07) is 13.8. The Hall–Kier alpha value is -2.20. The van der Waals surface area contributed by atoms with E-state index in [4.69, 9.17) is 0 Å². The van der Waals surface area contributed by atoms with Crippen molar-refractivity contribution in [3.05, 3.63) is 65.0 Å². The van der Waals surface area contributed by atoms with Gasteiger partial charge >= 0.3 is 0 Å². The topological polar surface area (TPSA) is 62.2 Å². The van der Waals surface area contributed by atoms with Gasteiger partial charge in [-0.15, -0.1) is 0 Å². The van der Waals surface area contributed by atoms with Gasteiger partial charge in [0.25, 0.3) is 5.91 Å². The number of pyridine rings is 1. The molecule has 0 aliphatic heterocycles. The van der Waals surface area contributed by atoms with Crippen molar-refractivity contribution in [2.24, 2.45) is 0 Å². The molecule has 120 valence electrons. The number of aliphatic hydroxyl groups is 1. The maximum Gasteiger partial charge on any atom is 0.270 e. The van der Waals surface area contributed by atoms with Crippen molar-refractivity contribution < 1.29 is 9.90 Å². The first-order chi connectivity index (χ1) is 11.0. The van der Waals surface area contributed by atoms with Crippen molar-refractivity contribution in [3.63, 3.8) is 0 Å². The monoisotopic (exact) mass is 310 g/mol. The molecule has 1 heterocycles. The molecule has 1 aliphatic rings. The van der Waals surface area contributed by atoms with Crippen LogP contribution >= 0.6 is 0 Å². The van der Waals surface area contributed by atoms with Gasteiger partial charge in [0, 0.05) is 17.2 Å². The predicted molar refractivity (Wildman–Crippen MR) is 89.4 cm³/mol. The maximum atomic E-state index is 12.3. The van der Waals surface area contributed by atoms with Crippen LogP contribution in [0.15, 0.2) is 42.5 Å². The van der Waals surface area contributed by atoms with Gasteiger partial charge in [0.05, 0.1) is 6.61 Å². The number of aliphatic hydroxyl groups excluding tert-OH is 1. The Morgan fingerprint density at radius 2 is 1.91 bits per heavy atom. The molecule has 1 aliphatic carbocycles. The molecule has 4 nitrogen and oxygen atoms in total. The number of amides is 1. The summed E-state index contributed by atoms with van der Waals surface area (Å²) >= 11 is 0. The lowest BCUT2D eigenvalue weighted by atomic mass is 9.62. The lowest BCUT2D eigenvalue weighted by molar-refractivity contribution is 0.0697. The molecule has 1 amide bonds. The van der Waals surface area contributed by atoms with Gasteiger partial charge in [0.2, 0.25) is 0 Å². The summed E-state index contributed by atoms with van der Waals surface area (Å²) in [6.45, 7) is 3.98. The summed E-state index contributed by atoms with van der Waals surface area (Å²) in [5, 5.41) is 12.8. The van der Waals surface area contributed by atoms with Crippen LogP contribution in [0.4, 0.5) is 0 Å². The number of rotatable bonds is 4. The number of nitrogens with zero attached hydrogens (tertiary/aromatic N) is 1. The third kappa shape index (κ3) is 2.99. The Morgan fingerprint density at radius 3 is 2.52 bits per heavy atom. The minimum absolute atomic E-state index is 0.0817. The van der Waals surface area contributed by atoms with E-state index in [0.29, 0.717) is 5.69 Å². The fourth-order valence-electron chi connectivity index (χ4n) is 3.25. The van der Waals surface area contributed by atoms with E-state index in [1.165, 1.54) is 0 Å². The van der Waals surface area contributed by atoms with Crippen molar-refractivity contribution >= 4 is 5.91 Å². The zero-order valence-electron chi connectivity index (χ0n) is 13.5. The van der Waals surface area contributed by atoms with Crippen molar-refractivity contribution in [2.45, 2.75) is 38.1 Å². The first-order valence-corrected chi connectivity index (χ1v) is 7.95. The first kappa shape index (κ1) is 15.7. The number of carbonyl (C=O) groups is 1. The highest BCUT2D eigenvalue weighted by Gasteiger charge is 2.45. The quantitative estimate of drug-likeness (QED) is 0.912. The van der Waals surface area contributed by atoms with Crippen LogP contribution < -0.4 is 5.32 Å². The Kier molecular flexibility index (Phi) is 4.18. The van der Waals surface area contributed by atoms with Gasteiger partial charge in [-0.05, 0) is 43.9 Å². The summed E-state index contributed by atoms with van der Waals surface area (Å²) in [4.78, 5) is 16.6. The standard InChI is InChI=1S/C19H22N2O2/c1-13-8-9-17(20-14(13)2)18(23)21-16-10-19(11-16,12-22)15-6-4-3-5-7-15/h3-9,16,22H,10-12H2,1-2H3,(H,21,23). The fraction of sp³-hybridized carbons (Fsp3) is 0.368. The molecule has 1 aromatic heterocycles. The first-order valence-electron chi connectivity index (χ1n) is 7.95. The molecule has 4 heteroatoms. The van der Waals surface area contributed by atoms with Crippen molar-refractivity contribution in [1.82, 2.24) is 10.3 Å². The minimum Gasteiger partial charge on any atom is -0.395 e. The SMILES string of the molecule is Cc1ccc(C(=O)NC2CC(CO)(c3ccccc3)C2)nc1C. The molecule has 0 unspecified atom stereocenters. The van der Waals surface area contributed by atoms with Gasteiger partial charge in [-0.1, -0.05) is 36.4 Å². The number of benzene rings is 1. The smallest absolute Gasteiger partial charge is 0.270 e. The highest BCUT2D eigenvalue weighted by Crippen LogP contribution is 2.43. The van der Waals surface area contributed by atoms with Crippen molar-refractivity contribution in [3.8, 4) is 0 Å². The van der Waals surface area contributed by atoms with Crippen LogP contribution in [0.5, 0.6) is 0 Å². The van der Waals surface area contributed by atoms with Gasteiger partial charge in [-0.3, -0.25) is 4.79 Å². The van der Waals surface area contributed by atoms with Gasteiger partial charge in [-0.25, -0.2) is 4.98 Å². The van der Waals surface area contributed by atoms with Crippen LogP contribution in [0.1, 0.15) is 40.2 Å². The number of hydrogen-bond acceptors (Lipinski definition) is 3. The molecule has 1 fully saturated rings. The van der Waals surface area contributed by atoms with Crippen LogP contribution in [0.2, 0.25) is 0 Å². The van der Waals surface area contributed by atoms with Crippen molar-refractivity contribution in [2.75, 3.05) is 6.61 Å². The third-order valence-corrected chi connectivity index (χ3v) is 4.88. The highest BCUT2D eigenvalue weighted by molar-refractivity contribution is 5.92. The Labute approximate surface area is 136 Å². The van der Waals surface area contributed by atoms with E-state index in [1.54, 1.807) is 6.07 Å².